The molecule has 2 rings (SSSR count). The Morgan fingerprint density at radius 3 is 2.65 bits per heavy atom. The molecule has 0 saturated heterocycles. The molecule has 1 fully saturated rings. The van der Waals surface area contributed by atoms with Crippen LogP contribution < -0.4 is 5.32 Å². The standard InChI is InChI=1S/C13H16ClNO2/c1-13(12(16)17-2,15-9-7-8-9)10-5-3-4-6-11(10)14/h3-6,9,15H,7-8H2,1-2H3. The van der Waals surface area contributed by atoms with Crippen LogP contribution in [-0.4, -0.2) is 19.1 Å². The minimum Gasteiger partial charge on any atom is -0.467 e. The molecular formula is C13H16ClNO2. The molecule has 1 saturated carbocycles. The lowest BCUT2D eigenvalue weighted by molar-refractivity contribution is -0.148. The second-order valence-electron chi connectivity index (χ2n) is 4.52. The Balaban J connectivity index is 2.38. The van der Waals surface area contributed by atoms with Crippen LogP contribution in [0.25, 0.3) is 0 Å². The van der Waals surface area contributed by atoms with Crippen molar-refractivity contribution in [3.05, 3.63) is 34.9 Å². The van der Waals surface area contributed by atoms with E-state index >= 15 is 0 Å². The molecule has 1 unspecified atom stereocenters. The van der Waals surface area contributed by atoms with Gasteiger partial charge in [-0.2, -0.15) is 0 Å². The van der Waals surface area contributed by atoms with Gasteiger partial charge in [-0.15, -0.1) is 0 Å². The Hall–Kier alpha value is -1.06. The first-order valence-corrected chi connectivity index (χ1v) is 6.07. The number of esters is 1. The summed E-state index contributed by atoms with van der Waals surface area (Å²) in [6, 6.07) is 7.74. The van der Waals surface area contributed by atoms with Crippen LogP contribution in [0, 0.1) is 0 Å². The van der Waals surface area contributed by atoms with Crippen molar-refractivity contribution in [2.75, 3.05) is 7.11 Å². The van der Waals surface area contributed by atoms with Gasteiger partial charge in [-0.1, -0.05) is 29.8 Å². The predicted octanol–water partition coefficient (Wildman–Crippen LogP) is 2.48. The predicted molar refractivity (Wildman–Crippen MR) is 67.0 cm³/mol. The van der Waals surface area contributed by atoms with Gasteiger partial charge in [0.1, 0.15) is 5.54 Å². The van der Waals surface area contributed by atoms with Crippen LogP contribution in [0.5, 0.6) is 0 Å². The summed E-state index contributed by atoms with van der Waals surface area (Å²) in [6.45, 7) is 1.82. The van der Waals surface area contributed by atoms with Gasteiger partial charge in [0.25, 0.3) is 0 Å². The summed E-state index contributed by atoms with van der Waals surface area (Å²) in [5.41, 5.74) is -0.103. The van der Waals surface area contributed by atoms with Crippen molar-refractivity contribution in [2.45, 2.75) is 31.3 Å². The van der Waals surface area contributed by atoms with Crippen LogP contribution >= 0.6 is 11.6 Å². The fraction of sp³-hybridized carbons (Fsp3) is 0.462. The van der Waals surface area contributed by atoms with Crippen LogP contribution in [0.15, 0.2) is 24.3 Å². The largest absolute Gasteiger partial charge is 0.467 e. The molecule has 4 heteroatoms. The van der Waals surface area contributed by atoms with Gasteiger partial charge in [-0.25, -0.2) is 4.79 Å². The van der Waals surface area contributed by atoms with E-state index in [4.69, 9.17) is 16.3 Å². The summed E-state index contributed by atoms with van der Waals surface area (Å²) < 4.78 is 4.89. The summed E-state index contributed by atoms with van der Waals surface area (Å²) in [4.78, 5) is 12.0. The maximum Gasteiger partial charge on any atom is 0.330 e. The van der Waals surface area contributed by atoms with E-state index in [2.05, 4.69) is 5.32 Å². The highest BCUT2D eigenvalue weighted by molar-refractivity contribution is 6.31. The molecule has 3 nitrogen and oxygen atoms in total. The normalized spacial score (nSPS) is 18.5. The number of carbonyl (C=O) groups excluding carboxylic acids is 1. The average molecular weight is 254 g/mol. The van der Waals surface area contributed by atoms with Gasteiger partial charge >= 0.3 is 5.97 Å². The third kappa shape index (κ3) is 2.45. The minimum atomic E-state index is -0.867. The van der Waals surface area contributed by atoms with Crippen LogP contribution in [0.2, 0.25) is 5.02 Å². The molecule has 1 atom stereocenters. The molecule has 92 valence electrons. The summed E-state index contributed by atoms with van der Waals surface area (Å²) in [6.07, 6.45) is 2.19. The van der Waals surface area contributed by atoms with Crippen LogP contribution in [0.4, 0.5) is 0 Å². The maximum absolute atomic E-state index is 12.0. The smallest absolute Gasteiger partial charge is 0.330 e. The number of hydrogen-bond acceptors (Lipinski definition) is 3. The maximum atomic E-state index is 12.0. The van der Waals surface area contributed by atoms with Crippen LogP contribution in [-0.2, 0) is 15.1 Å². The van der Waals surface area contributed by atoms with Crippen LogP contribution in [0.1, 0.15) is 25.3 Å². The molecule has 1 aliphatic rings. The lowest BCUT2D eigenvalue weighted by atomic mass is 9.91. The molecule has 1 aliphatic carbocycles. The summed E-state index contributed by atoms with van der Waals surface area (Å²) in [5.74, 6) is -0.308. The number of hydrogen-bond donors (Lipinski definition) is 1. The van der Waals surface area contributed by atoms with E-state index in [1.807, 2.05) is 25.1 Å². The molecule has 1 N–H and O–H groups in total. The fourth-order valence-corrected chi connectivity index (χ4v) is 2.28. The molecule has 0 heterocycles. The van der Waals surface area contributed by atoms with E-state index in [9.17, 15) is 4.79 Å². The third-order valence-corrected chi connectivity index (χ3v) is 3.41. The molecule has 0 bridgehead atoms. The molecule has 1 aromatic rings. The van der Waals surface area contributed by atoms with Crippen molar-refractivity contribution in [2.24, 2.45) is 0 Å². The van der Waals surface area contributed by atoms with E-state index in [1.54, 1.807) is 6.07 Å². The Morgan fingerprint density at radius 1 is 1.47 bits per heavy atom. The lowest BCUT2D eigenvalue weighted by Crippen LogP contribution is -2.48. The topological polar surface area (TPSA) is 38.3 Å². The number of halogens is 1. The Labute approximate surface area is 106 Å². The highest BCUT2D eigenvalue weighted by Crippen LogP contribution is 2.33. The van der Waals surface area contributed by atoms with Gasteiger partial charge in [-0.05, 0) is 25.8 Å². The first kappa shape index (κ1) is 12.4. The van der Waals surface area contributed by atoms with Gasteiger partial charge in [0, 0.05) is 16.6 Å². The number of rotatable bonds is 4. The monoisotopic (exact) mass is 253 g/mol. The van der Waals surface area contributed by atoms with Crippen molar-refractivity contribution in [3.63, 3.8) is 0 Å². The molecule has 0 amide bonds. The molecule has 0 radical (unpaired) electrons. The van der Waals surface area contributed by atoms with Gasteiger partial charge < -0.3 is 4.74 Å². The highest BCUT2D eigenvalue weighted by Gasteiger charge is 2.42. The van der Waals surface area contributed by atoms with Crippen molar-refractivity contribution in [1.29, 1.82) is 0 Å². The molecule has 17 heavy (non-hydrogen) atoms. The SMILES string of the molecule is COC(=O)C(C)(NC1CC1)c1ccccc1Cl. The van der Waals surface area contributed by atoms with Crippen LogP contribution in [0.3, 0.4) is 0 Å². The Morgan fingerprint density at radius 2 is 2.12 bits per heavy atom. The van der Waals surface area contributed by atoms with Crippen molar-refractivity contribution >= 4 is 17.6 Å². The molecule has 1 aromatic carbocycles. The second kappa shape index (κ2) is 4.67. The van der Waals surface area contributed by atoms with Gasteiger partial charge in [-0.3, -0.25) is 5.32 Å². The van der Waals surface area contributed by atoms with E-state index in [-0.39, 0.29) is 5.97 Å². The van der Waals surface area contributed by atoms with Gasteiger partial charge in [0.15, 0.2) is 0 Å². The number of methoxy groups -OCH3 is 1. The highest BCUT2D eigenvalue weighted by atomic mass is 35.5. The zero-order chi connectivity index (χ0) is 12.5. The number of ether oxygens (including phenoxy) is 1. The lowest BCUT2D eigenvalue weighted by Gasteiger charge is -2.29. The Bertz CT molecular complexity index is 431. The molecule has 0 aliphatic heterocycles. The quantitative estimate of drug-likeness (QED) is 0.838. The van der Waals surface area contributed by atoms with E-state index in [0.717, 1.165) is 18.4 Å². The molecule has 0 aromatic heterocycles. The van der Waals surface area contributed by atoms with E-state index < -0.39 is 5.54 Å². The van der Waals surface area contributed by atoms with Gasteiger partial charge in [0.05, 0.1) is 7.11 Å². The zero-order valence-electron chi connectivity index (χ0n) is 10.00. The van der Waals surface area contributed by atoms with E-state index in [0.29, 0.717) is 11.1 Å². The second-order valence-corrected chi connectivity index (χ2v) is 4.92. The Kier molecular flexibility index (Phi) is 3.40. The molecule has 0 spiro atoms. The van der Waals surface area contributed by atoms with Crippen molar-refractivity contribution in [1.82, 2.24) is 5.32 Å². The minimum absolute atomic E-state index is 0.308. The molecular weight excluding hydrogens is 238 g/mol. The zero-order valence-corrected chi connectivity index (χ0v) is 10.8. The first-order valence-electron chi connectivity index (χ1n) is 5.69. The summed E-state index contributed by atoms with van der Waals surface area (Å²) >= 11 is 6.17. The number of benzene rings is 1. The third-order valence-electron chi connectivity index (χ3n) is 3.08. The number of carbonyl (C=O) groups is 1. The van der Waals surface area contributed by atoms with Crippen molar-refractivity contribution in [3.8, 4) is 0 Å². The van der Waals surface area contributed by atoms with E-state index in [1.165, 1.54) is 7.11 Å². The number of nitrogens with one attached hydrogen (secondary N) is 1. The summed E-state index contributed by atoms with van der Waals surface area (Å²) in [7, 11) is 1.39. The van der Waals surface area contributed by atoms with Crippen molar-refractivity contribution < 1.29 is 9.53 Å². The fourth-order valence-electron chi connectivity index (χ4n) is 1.95. The summed E-state index contributed by atoms with van der Waals surface area (Å²) in [5, 5.41) is 3.89. The first-order chi connectivity index (χ1) is 8.08. The average Bonchev–Trinajstić information content (AvgIpc) is 3.12. The van der Waals surface area contributed by atoms with Gasteiger partial charge in [0.2, 0.25) is 0 Å².